The smallest absolute Gasteiger partial charge is 0.238 e. The van der Waals surface area contributed by atoms with Crippen molar-refractivity contribution in [1.29, 1.82) is 0 Å². The SMILES string of the molecule is CN(Cc1ccc(F)c(F)c1)C(=O)C(C)(C)Br. The van der Waals surface area contributed by atoms with E-state index in [4.69, 9.17) is 0 Å². The lowest BCUT2D eigenvalue weighted by molar-refractivity contribution is -0.131. The molecule has 0 aliphatic rings. The van der Waals surface area contributed by atoms with Gasteiger partial charge in [0.1, 0.15) is 0 Å². The molecular weight excluding hydrogens is 292 g/mol. The minimum Gasteiger partial charge on any atom is -0.340 e. The Hall–Kier alpha value is -0.970. The van der Waals surface area contributed by atoms with E-state index in [0.29, 0.717) is 5.56 Å². The van der Waals surface area contributed by atoms with Crippen LogP contribution in [0.1, 0.15) is 19.4 Å². The second-order valence-corrected chi connectivity index (χ2v) is 6.36. The normalized spacial score (nSPS) is 11.4. The zero-order chi connectivity index (χ0) is 13.2. The van der Waals surface area contributed by atoms with Gasteiger partial charge in [-0.15, -0.1) is 0 Å². The Morgan fingerprint density at radius 3 is 2.41 bits per heavy atom. The molecule has 5 heteroatoms. The molecule has 0 bridgehead atoms. The number of hydrogen-bond donors (Lipinski definition) is 0. The number of nitrogens with zero attached hydrogens (tertiary/aromatic N) is 1. The fourth-order valence-corrected chi connectivity index (χ4v) is 1.74. The van der Waals surface area contributed by atoms with Crippen LogP contribution in [0.5, 0.6) is 0 Å². The molecule has 94 valence electrons. The zero-order valence-corrected chi connectivity index (χ0v) is 11.5. The third-order valence-corrected chi connectivity index (χ3v) is 2.60. The fourth-order valence-electron chi connectivity index (χ4n) is 1.44. The highest BCUT2D eigenvalue weighted by atomic mass is 79.9. The second kappa shape index (κ2) is 5.12. The van der Waals surface area contributed by atoms with Gasteiger partial charge in [0.05, 0.1) is 4.32 Å². The Bertz CT molecular complexity index is 429. The van der Waals surface area contributed by atoms with Gasteiger partial charge in [0.15, 0.2) is 11.6 Å². The first-order chi connectivity index (χ1) is 7.71. The van der Waals surface area contributed by atoms with Gasteiger partial charge in [-0.2, -0.15) is 0 Å². The quantitative estimate of drug-likeness (QED) is 0.786. The molecule has 0 unspecified atom stereocenters. The van der Waals surface area contributed by atoms with Crippen molar-refractivity contribution in [2.75, 3.05) is 7.05 Å². The third-order valence-electron chi connectivity index (χ3n) is 2.26. The van der Waals surface area contributed by atoms with Crippen molar-refractivity contribution in [3.05, 3.63) is 35.4 Å². The second-order valence-electron chi connectivity index (χ2n) is 4.38. The predicted octanol–water partition coefficient (Wildman–Crippen LogP) is 3.10. The fraction of sp³-hybridized carbons (Fsp3) is 0.417. The molecule has 0 atom stereocenters. The molecule has 0 saturated heterocycles. The van der Waals surface area contributed by atoms with Crippen LogP contribution in [0.4, 0.5) is 8.78 Å². The number of amides is 1. The predicted molar refractivity (Wildman–Crippen MR) is 65.8 cm³/mol. The first-order valence-corrected chi connectivity index (χ1v) is 5.89. The highest BCUT2D eigenvalue weighted by Crippen LogP contribution is 2.20. The van der Waals surface area contributed by atoms with E-state index in [1.165, 1.54) is 11.0 Å². The molecule has 0 aromatic heterocycles. The summed E-state index contributed by atoms with van der Waals surface area (Å²) in [4.78, 5) is 13.3. The largest absolute Gasteiger partial charge is 0.340 e. The Morgan fingerprint density at radius 2 is 1.94 bits per heavy atom. The minimum atomic E-state index is -0.901. The molecule has 1 amide bonds. The summed E-state index contributed by atoms with van der Waals surface area (Å²) in [6.45, 7) is 3.71. The van der Waals surface area contributed by atoms with E-state index >= 15 is 0 Å². The lowest BCUT2D eigenvalue weighted by atomic mass is 10.1. The lowest BCUT2D eigenvalue weighted by Gasteiger charge is -2.24. The van der Waals surface area contributed by atoms with Gasteiger partial charge in [0, 0.05) is 13.6 Å². The molecule has 1 rings (SSSR count). The van der Waals surface area contributed by atoms with E-state index in [9.17, 15) is 13.6 Å². The van der Waals surface area contributed by atoms with Crippen LogP contribution in [-0.4, -0.2) is 22.2 Å². The summed E-state index contributed by atoms with van der Waals surface area (Å²) in [7, 11) is 1.62. The number of hydrogen-bond acceptors (Lipinski definition) is 1. The summed E-state index contributed by atoms with van der Waals surface area (Å²) in [5, 5.41) is 0. The molecule has 0 fully saturated rings. The van der Waals surface area contributed by atoms with Crippen LogP contribution in [0.2, 0.25) is 0 Å². The maximum absolute atomic E-state index is 13.0. The molecule has 0 saturated carbocycles. The molecular formula is C12H14BrF2NO. The number of carbonyl (C=O) groups excluding carboxylic acids is 1. The summed E-state index contributed by atoms with van der Waals surface area (Å²) in [5.74, 6) is -1.91. The number of rotatable bonds is 3. The van der Waals surface area contributed by atoms with Crippen LogP contribution in [0, 0.1) is 11.6 Å². The van der Waals surface area contributed by atoms with Crippen molar-refractivity contribution < 1.29 is 13.6 Å². The number of benzene rings is 1. The van der Waals surface area contributed by atoms with Crippen LogP contribution < -0.4 is 0 Å². The van der Waals surface area contributed by atoms with E-state index in [2.05, 4.69) is 15.9 Å². The van der Waals surface area contributed by atoms with Crippen LogP contribution in [-0.2, 0) is 11.3 Å². The molecule has 17 heavy (non-hydrogen) atoms. The van der Waals surface area contributed by atoms with Gasteiger partial charge in [-0.25, -0.2) is 8.78 Å². The molecule has 0 radical (unpaired) electrons. The van der Waals surface area contributed by atoms with Crippen LogP contribution >= 0.6 is 15.9 Å². The van der Waals surface area contributed by atoms with Gasteiger partial charge < -0.3 is 4.90 Å². The average Bonchev–Trinajstić information content (AvgIpc) is 2.21. The van der Waals surface area contributed by atoms with Gasteiger partial charge >= 0.3 is 0 Å². The summed E-state index contributed by atoms with van der Waals surface area (Å²) in [5.41, 5.74) is 0.552. The number of halogens is 3. The van der Waals surface area contributed by atoms with Crippen molar-refractivity contribution >= 4 is 21.8 Å². The van der Waals surface area contributed by atoms with Gasteiger partial charge in [0.25, 0.3) is 0 Å². The van der Waals surface area contributed by atoms with E-state index in [1.807, 2.05) is 0 Å². The van der Waals surface area contributed by atoms with Gasteiger partial charge in [0.2, 0.25) is 5.91 Å². The van der Waals surface area contributed by atoms with E-state index in [-0.39, 0.29) is 12.5 Å². The van der Waals surface area contributed by atoms with Gasteiger partial charge in [-0.05, 0) is 31.5 Å². The first kappa shape index (κ1) is 14.1. The number of alkyl halides is 1. The summed E-state index contributed by atoms with van der Waals surface area (Å²) in [6, 6.07) is 3.62. The van der Waals surface area contributed by atoms with Gasteiger partial charge in [-0.3, -0.25) is 4.79 Å². The Balaban J connectivity index is 2.78. The topological polar surface area (TPSA) is 20.3 Å². The molecule has 2 nitrogen and oxygen atoms in total. The van der Waals surface area contributed by atoms with E-state index < -0.39 is 16.0 Å². The highest BCUT2D eigenvalue weighted by Gasteiger charge is 2.27. The van der Waals surface area contributed by atoms with Crippen molar-refractivity contribution in [2.45, 2.75) is 24.7 Å². The monoisotopic (exact) mass is 305 g/mol. The van der Waals surface area contributed by atoms with Crippen LogP contribution in [0.15, 0.2) is 18.2 Å². The maximum Gasteiger partial charge on any atom is 0.238 e. The van der Waals surface area contributed by atoms with Gasteiger partial charge in [-0.1, -0.05) is 22.0 Å². The first-order valence-electron chi connectivity index (χ1n) is 5.10. The molecule has 0 aliphatic carbocycles. The molecule has 1 aromatic carbocycles. The van der Waals surface area contributed by atoms with Crippen molar-refractivity contribution in [1.82, 2.24) is 4.90 Å². The minimum absolute atomic E-state index is 0.123. The molecule has 0 spiro atoms. The summed E-state index contributed by atoms with van der Waals surface area (Å²) in [6.07, 6.45) is 0. The van der Waals surface area contributed by atoms with E-state index in [1.54, 1.807) is 20.9 Å². The van der Waals surface area contributed by atoms with Crippen molar-refractivity contribution in [2.24, 2.45) is 0 Å². The highest BCUT2D eigenvalue weighted by molar-refractivity contribution is 9.10. The lowest BCUT2D eigenvalue weighted by Crippen LogP contribution is -2.38. The Morgan fingerprint density at radius 1 is 1.35 bits per heavy atom. The average molecular weight is 306 g/mol. The third kappa shape index (κ3) is 3.77. The van der Waals surface area contributed by atoms with Crippen molar-refractivity contribution in [3.8, 4) is 0 Å². The Kier molecular flexibility index (Phi) is 4.25. The van der Waals surface area contributed by atoms with E-state index in [0.717, 1.165) is 12.1 Å². The molecule has 1 aromatic rings. The van der Waals surface area contributed by atoms with Crippen LogP contribution in [0.3, 0.4) is 0 Å². The van der Waals surface area contributed by atoms with Crippen LogP contribution in [0.25, 0.3) is 0 Å². The maximum atomic E-state index is 13.0. The summed E-state index contributed by atoms with van der Waals surface area (Å²) < 4.78 is 25.0. The molecule has 0 heterocycles. The van der Waals surface area contributed by atoms with Crippen molar-refractivity contribution in [3.63, 3.8) is 0 Å². The standard InChI is InChI=1S/C12H14BrF2NO/c1-12(2,13)11(17)16(3)7-8-4-5-9(14)10(15)6-8/h4-6H,7H2,1-3H3. The Labute approximate surface area is 108 Å². The summed E-state index contributed by atoms with van der Waals surface area (Å²) >= 11 is 3.26. The molecule has 0 aliphatic heterocycles. The molecule has 0 N–H and O–H groups in total. The zero-order valence-electron chi connectivity index (χ0n) is 9.93. The number of carbonyl (C=O) groups is 1.